The molecule has 0 aliphatic heterocycles. The predicted molar refractivity (Wildman–Crippen MR) is 265 cm³/mol. The second-order valence-corrected chi connectivity index (χ2v) is 20.3. The number of hydrogen-bond donors (Lipinski definition) is 3. The molecule has 3 heterocycles. The molecule has 0 atom stereocenters. The summed E-state index contributed by atoms with van der Waals surface area (Å²) in [5, 5.41) is 10.1. The minimum atomic E-state index is -0.566. The zero-order valence-corrected chi connectivity index (χ0v) is 42.1. The number of aryl methyl sites for hydroxylation is 1. The van der Waals surface area contributed by atoms with Gasteiger partial charge in [0.2, 0.25) is 0 Å². The largest absolute Gasteiger partial charge is 0.281 e. The van der Waals surface area contributed by atoms with Crippen LogP contribution in [0.5, 0.6) is 0 Å². The molecule has 17 heteroatoms. The maximum absolute atomic E-state index is 12.8. The van der Waals surface area contributed by atoms with Crippen LogP contribution in [0.4, 0.5) is 0 Å². The van der Waals surface area contributed by atoms with Crippen LogP contribution in [0.15, 0.2) is 130 Å². The van der Waals surface area contributed by atoms with Crippen molar-refractivity contribution in [3.8, 4) is 0 Å². The molecule has 3 aromatic carbocycles. The van der Waals surface area contributed by atoms with Crippen molar-refractivity contribution in [3.05, 3.63) is 172 Å². The summed E-state index contributed by atoms with van der Waals surface area (Å²) in [6.45, 7) is 15.6. The van der Waals surface area contributed by atoms with Crippen LogP contribution in [-0.4, -0.2) is 68.1 Å². The molecule has 6 rings (SSSR count). The Morgan fingerprint density at radius 1 is 0.569 bits per heavy atom. The minimum Gasteiger partial charge on any atom is -0.267 e. The molecule has 65 heavy (non-hydrogen) atoms. The Hall–Kier alpha value is -5.65. The number of halogens is 2. The Kier molecular flexibility index (Phi) is 19.2. The van der Waals surface area contributed by atoms with E-state index in [0.29, 0.717) is 42.9 Å². The minimum absolute atomic E-state index is 0.197. The SMILES string of the molecule is CC(C)(C)N(NC(=O)c1cccs1)C(=O)c1ccc(Cl)cc1.CCCN(NC(=O)c1cccs1)C(=O)c1ccccc1.Cc1cccc(C(=O)N(NC(=O)c2sccc2Br)C(C)(C)C)c1. The van der Waals surface area contributed by atoms with Crippen molar-refractivity contribution < 1.29 is 28.8 Å². The van der Waals surface area contributed by atoms with Gasteiger partial charge in [0, 0.05) is 32.7 Å². The van der Waals surface area contributed by atoms with Gasteiger partial charge in [-0.05, 0) is 154 Å². The maximum atomic E-state index is 12.8. The summed E-state index contributed by atoms with van der Waals surface area (Å²) < 4.78 is 0.719. The third-order valence-corrected chi connectivity index (χ3v) is 12.6. The van der Waals surface area contributed by atoms with Crippen LogP contribution >= 0.6 is 61.5 Å². The highest BCUT2D eigenvalue weighted by Crippen LogP contribution is 2.24. The van der Waals surface area contributed by atoms with E-state index in [4.69, 9.17) is 11.6 Å². The molecule has 0 aliphatic rings. The molecule has 6 amide bonds. The van der Waals surface area contributed by atoms with E-state index in [2.05, 4.69) is 32.2 Å². The van der Waals surface area contributed by atoms with Gasteiger partial charge in [0.25, 0.3) is 35.4 Å². The van der Waals surface area contributed by atoms with Crippen molar-refractivity contribution in [2.45, 2.75) is 72.9 Å². The summed E-state index contributed by atoms with van der Waals surface area (Å²) in [7, 11) is 0. The van der Waals surface area contributed by atoms with Crippen LogP contribution in [0.2, 0.25) is 5.02 Å². The van der Waals surface area contributed by atoms with Gasteiger partial charge in [-0.3, -0.25) is 45.0 Å². The highest BCUT2D eigenvalue weighted by Gasteiger charge is 2.31. The van der Waals surface area contributed by atoms with Crippen LogP contribution in [0.25, 0.3) is 0 Å². The van der Waals surface area contributed by atoms with Gasteiger partial charge < -0.3 is 0 Å². The molecule has 0 saturated heterocycles. The number of nitrogens with zero attached hydrogens (tertiary/aromatic N) is 3. The molecule has 3 aromatic heterocycles. The van der Waals surface area contributed by atoms with E-state index in [-0.39, 0.29) is 35.4 Å². The lowest BCUT2D eigenvalue weighted by molar-refractivity contribution is 0.0358. The van der Waals surface area contributed by atoms with E-state index in [1.165, 1.54) is 49.0 Å². The van der Waals surface area contributed by atoms with E-state index in [1.54, 1.807) is 72.8 Å². The average molecular weight is 1020 g/mol. The number of carbonyl (C=O) groups excluding carboxylic acids is 6. The number of carbonyl (C=O) groups is 6. The van der Waals surface area contributed by atoms with E-state index in [1.807, 2.05) is 108 Å². The molecule has 6 aromatic rings. The van der Waals surface area contributed by atoms with E-state index in [0.717, 1.165) is 16.5 Å². The number of benzene rings is 3. The molecular formula is C48H52BrClN6O6S3. The molecule has 0 aliphatic carbocycles. The average Bonchev–Trinajstić information content (AvgIpc) is 4.09. The summed E-state index contributed by atoms with van der Waals surface area (Å²) in [5.41, 5.74) is 9.56. The van der Waals surface area contributed by atoms with Gasteiger partial charge >= 0.3 is 0 Å². The molecule has 0 bridgehead atoms. The first-order valence-corrected chi connectivity index (χ1v) is 24.1. The Bertz CT molecular complexity index is 2520. The Morgan fingerprint density at radius 3 is 1.55 bits per heavy atom. The summed E-state index contributed by atoms with van der Waals surface area (Å²) in [6.07, 6.45) is 0.767. The van der Waals surface area contributed by atoms with Gasteiger partial charge in [0.05, 0.1) is 20.8 Å². The van der Waals surface area contributed by atoms with Gasteiger partial charge in [-0.2, -0.15) is 0 Å². The van der Waals surface area contributed by atoms with Crippen LogP contribution in [-0.2, 0) is 0 Å². The quantitative estimate of drug-likeness (QED) is 0.129. The summed E-state index contributed by atoms with van der Waals surface area (Å²) in [6, 6.07) is 31.7. The van der Waals surface area contributed by atoms with Crippen molar-refractivity contribution in [1.29, 1.82) is 0 Å². The first kappa shape index (κ1) is 52.0. The van der Waals surface area contributed by atoms with Crippen molar-refractivity contribution in [1.82, 2.24) is 31.3 Å². The Balaban J connectivity index is 0.000000214. The van der Waals surface area contributed by atoms with Crippen molar-refractivity contribution in [3.63, 3.8) is 0 Å². The second kappa shape index (κ2) is 24.0. The predicted octanol–water partition coefficient (Wildman–Crippen LogP) is 11.3. The fraction of sp³-hybridized carbons (Fsp3) is 0.250. The zero-order valence-electron chi connectivity index (χ0n) is 37.3. The van der Waals surface area contributed by atoms with Crippen LogP contribution in [0, 0.1) is 6.92 Å². The molecule has 342 valence electrons. The molecule has 3 N–H and O–H groups in total. The third kappa shape index (κ3) is 15.5. The maximum Gasteiger partial charge on any atom is 0.281 e. The lowest BCUT2D eigenvalue weighted by Crippen LogP contribution is -2.55. The van der Waals surface area contributed by atoms with Crippen LogP contribution < -0.4 is 16.3 Å². The molecule has 0 unspecified atom stereocenters. The molecule has 0 saturated carbocycles. The second-order valence-electron chi connectivity index (χ2n) is 16.2. The molecular weight excluding hydrogens is 968 g/mol. The normalized spacial score (nSPS) is 10.8. The topological polar surface area (TPSA) is 148 Å². The summed E-state index contributed by atoms with van der Waals surface area (Å²) >= 11 is 13.2. The molecule has 0 spiro atoms. The standard InChI is InChI=1S/C17H19BrN2O2S.C16H17ClN2O2S.C15H16N2O2S/c1-11-6-5-7-12(10-11)16(22)20(17(2,3)4)19-15(21)14-13(18)8-9-23-14;1-16(2,3)19(18-14(20)13-5-4-10-22-13)15(21)11-6-8-12(17)9-7-11;1-2-10-17(15(19)12-7-4-3-5-8-12)16-14(18)13-9-6-11-20-13/h5-10H,1-4H3,(H,19,21);4-10H,1-3H3,(H,18,20);3-9,11H,2,10H2,1H3,(H,16,18). The molecule has 12 nitrogen and oxygen atoms in total. The van der Waals surface area contributed by atoms with Gasteiger partial charge in [0.15, 0.2) is 0 Å². The number of amides is 6. The lowest BCUT2D eigenvalue weighted by atomic mass is 10.1. The fourth-order valence-corrected chi connectivity index (χ4v) is 8.40. The summed E-state index contributed by atoms with van der Waals surface area (Å²) in [5.74, 6) is -1.57. The first-order chi connectivity index (χ1) is 30.7. The highest BCUT2D eigenvalue weighted by atomic mass is 79.9. The third-order valence-electron chi connectivity index (χ3n) is 8.79. The van der Waals surface area contributed by atoms with Crippen molar-refractivity contribution in [2.24, 2.45) is 0 Å². The van der Waals surface area contributed by atoms with Gasteiger partial charge in [-0.15, -0.1) is 34.0 Å². The van der Waals surface area contributed by atoms with E-state index < -0.39 is 11.1 Å². The number of nitrogens with one attached hydrogen (secondary N) is 3. The van der Waals surface area contributed by atoms with Crippen molar-refractivity contribution >= 4 is 97.0 Å². The Morgan fingerprint density at radius 2 is 1.08 bits per heavy atom. The number of hydrazine groups is 3. The molecule has 0 fully saturated rings. The molecule has 0 radical (unpaired) electrons. The lowest BCUT2D eigenvalue weighted by Gasteiger charge is -2.35. The first-order valence-electron chi connectivity index (χ1n) is 20.3. The smallest absolute Gasteiger partial charge is 0.267 e. The van der Waals surface area contributed by atoms with E-state index in [9.17, 15) is 28.8 Å². The van der Waals surface area contributed by atoms with Crippen LogP contribution in [0.3, 0.4) is 0 Å². The number of rotatable bonds is 8. The van der Waals surface area contributed by atoms with Gasteiger partial charge in [-0.25, -0.2) is 15.0 Å². The van der Waals surface area contributed by atoms with Gasteiger partial charge in [-0.1, -0.05) is 66.6 Å². The summed E-state index contributed by atoms with van der Waals surface area (Å²) in [4.78, 5) is 76.3. The highest BCUT2D eigenvalue weighted by molar-refractivity contribution is 9.10. The van der Waals surface area contributed by atoms with Crippen molar-refractivity contribution in [2.75, 3.05) is 6.54 Å². The van der Waals surface area contributed by atoms with E-state index >= 15 is 0 Å². The number of thiophene rings is 3. The number of hydrogen-bond acceptors (Lipinski definition) is 9. The Labute approximate surface area is 405 Å². The van der Waals surface area contributed by atoms with Crippen LogP contribution in [0.1, 0.15) is 121 Å². The van der Waals surface area contributed by atoms with Gasteiger partial charge in [0.1, 0.15) is 4.88 Å². The monoisotopic (exact) mass is 1020 g/mol. The zero-order chi connectivity index (χ0) is 47.9. The fourth-order valence-electron chi connectivity index (χ4n) is 5.60.